The topological polar surface area (TPSA) is 63.2 Å². The quantitative estimate of drug-likeness (QED) is 0.564. The highest BCUT2D eigenvalue weighted by atomic mass is 16.5. The molecule has 0 unspecified atom stereocenters. The highest BCUT2D eigenvalue weighted by Crippen LogP contribution is 2.27. The summed E-state index contributed by atoms with van der Waals surface area (Å²) in [7, 11) is 0. The number of ether oxygens (including phenoxy) is 1. The van der Waals surface area contributed by atoms with Crippen LogP contribution < -0.4 is 15.4 Å². The number of carbonyl (C=O) groups excluding carboxylic acids is 1. The van der Waals surface area contributed by atoms with Crippen LogP contribution in [0.1, 0.15) is 42.6 Å². The molecule has 0 aliphatic carbocycles. The lowest BCUT2D eigenvalue weighted by molar-refractivity contribution is 0.102. The van der Waals surface area contributed by atoms with Gasteiger partial charge in [-0.2, -0.15) is 0 Å². The minimum atomic E-state index is -0.211. The zero-order valence-electron chi connectivity index (χ0n) is 16.4. The summed E-state index contributed by atoms with van der Waals surface area (Å²) in [6, 6.07) is 17.2. The second-order valence-electron chi connectivity index (χ2n) is 6.74. The lowest BCUT2D eigenvalue weighted by atomic mass is 10.0. The summed E-state index contributed by atoms with van der Waals surface area (Å²) in [5.74, 6) is 0.956. The van der Waals surface area contributed by atoms with E-state index in [1.807, 2.05) is 49.4 Å². The Labute approximate surface area is 165 Å². The molecule has 3 aromatic rings. The normalized spacial score (nSPS) is 10.6. The second-order valence-corrected chi connectivity index (χ2v) is 6.74. The van der Waals surface area contributed by atoms with Gasteiger partial charge in [0.05, 0.1) is 24.1 Å². The molecule has 1 amide bonds. The summed E-state index contributed by atoms with van der Waals surface area (Å²) >= 11 is 0. The van der Waals surface area contributed by atoms with E-state index < -0.39 is 0 Å². The van der Waals surface area contributed by atoms with Gasteiger partial charge in [-0.1, -0.05) is 32.0 Å². The van der Waals surface area contributed by atoms with Gasteiger partial charge in [0, 0.05) is 17.6 Å². The molecule has 1 heterocycles. The largest absolute Gasteiger partial charge is 0.494 e. The van der Waals surface area contributed by atoms with Crippen molar-refractivity contribution in [1.29, 1.82) is 0 Å². The predicted molar refractivity (Wildman–Crippen MR) is 114 cm³/mol. The monoisotopic (exact) mass is 375 g/mol. The average Bonchev–Trinajstić information content (AvgIpc) is 2.70. The standard InChI is InChI=1S/C23H25N3O2/c1-4-28-20-11-9-18(10-12-20)26-23(27)17-13-19(15-24-14-17)25-22-8-6-5-7-21(22)16(2)3/h5-16,25H,4H2,1-3H3,(H,26,27). The van der Waals surface area contributed by atoms with Gasteiger partial charge in [0.2, 0.25) is 0 Å². The number of para-hydroxylation sites is 1. The molecule has 0 radical (unpaired) electrons. The van der Waals surface area contributed by atoms with Crippen molar-refractivity contribution >= 4 is 23.0 Å². The number of carbonyl (C=O) groups is 1. The van der Waals surface area contributed by atoms with Crippen LogP contribution in [0, 0.1) is 0 Å². The van der Waals surface area contributed by atoms with Crippen molar-refractivity contribution in [3.8, 4) is 5.75 Å². The molecule has 2 N–H and O–H groups in total. The zero-order chi connectivity index (χ0) is 19.9. The van der Waals surface area contributed by atoms with E-state index in [9.17, 15) is 4.79 Å². The third-order valence-corrected chi connectivity index (χ3v) is 4.29. The number of aromatic nitrogens is 1. The Kier molecular flexibility index (Phi) is 6.27. The first kappa shape index (κ1) is 19.4. The van der Waals surface area contributed by atoms with Gasteiger partial charge in [0.15, 0.2) is 0 Å². The number of anilines is 3. The smallest absolute Gasteiger partial charge is 0.257 e. The molecule has 1 aromatic heterocycles. The van der Waals surface area contributed by atoms with E-state index >= 15 is 0 Å². The number of rotatable bonds is 7. The van der Waals surface area contributed by atoms with Crippen LogP contribution in [-0.2, 0) is 0 Å². The van der Waals surface area contributed by atoms with Crippen LogP contribution in [0.25, 0.3) is 0 Å². The summed E-state index contributed by atoms with van der Waals surface area (Å²) in [6.07, 6.45) is 3.27. The summed E-state index contributed by atoms with van der Waals surface area (Å²) in [6.45, 7) is 6.85. The molecule has 0 bridgehead atoms. The maximum atomic E-state index is 12.6. The van der Waals surface area contributed by atoms with Crippen LogP contribution >= 0.6 is 0 Å². The SMILES string of the molecule is CCOc1ccc(NC(=O)c2cncc(Nc3ccccc3C(C)C)c2)cc1. The number of pyridine rings is 1. The van der Waals surface area contributed by atoms with Gasteiger partial charge in [0.25, 0.3) is 5.91 Å². The number of benzene rings is 2. The van der Waals surface area contributed by atoms with E-state index in [0.29, 0.717) is 23.8 Å². The fourth-order valence-corrected chi connectivity index (χ4v) is 2.91. The van der Waals surface area contributed by atoms with Gasteiger partial charge in [-0.05, 0) is 54.8 Å². The third-order valence-electron chi connectivity index (χ3n) is 4.29. The van der Waals surface area contributed by atoms with Crippen molar-refractivity contribution in [3.63, 3.8) is 0 Å². The van der Waals surface area contributed by atoms with Crippen molar-refractivity contribution in [2.45, 2.75) is 26.7 Å². The summed E-state index contributed by atoms with van der Waals surface area (Å²) in [4.78, 5) is 16.8. The molecule has 0 atom stereocenters. The maximum Gasteiger partial charge on any atom is 0.257 e. The lowest BCUT2D eigenvalue weighted by Gasteiger charge is -2.15. The molecular weight excluding hydrogens is 350 g/mol. The highest BCUT2D eigenvalue weighted by molar-refractivity contribution is 6.04. The predicted octanol–water partition coefficient (Wildman–Crippen LogP) is 5.60. The molecule has 144 valence electrons. The molecule has 0 fully saturated rings. The first-order valence-electron chi connectivity index (χ1n) is 9.42. The van der Waals surface area contributed by atoms with Crippen molar-refractivity contribution in [3.05, 3.63) is 78.1 Å². The van der Waals surface area contributed by atoms with Crippen LogP contribution in [0.3, 0.4) is 0 Å². The lowest BCUT2D eigenvalue weighted by Crippen LogP contribution is -2.12. The van der Waals surface area contributed by atoms with Gasteiger partial charge < -0.3 is 15.4 Å². The van der Waals surface area contributed by atoms with E-state index in [2.05, 4.69) is 35.5 Å². The summed E-state index contributed by atoms with van der Waals surface area (Å²) in [5, 5.41) is 6.26. The van der Waals surface area contributed by atoms with Crippen LogP contribution in [-0.4, -0.2) is 17.5 Å². The molecule has 0 aliphatic heterocycles. The Morgan fingerprint density at radius 3 is 2.50 bits per heavy atom. The number of nitrogens with one attached hydrogen (secondary N) is 2. The molecule has 0 aliphatic rings. The molecule has 0 spiro atoms. The maximum absolute atomic E-state index is 12.6. The number of hydrogen-bond acceptors (Lipinski definition) is 4. The van der Waals surface area contributed by atoms with Crippen LogP contribution in [0.4, 0.5) is 17.1 Å². The van der Waals surface area contributed by atoms with Gasteiger partial charge in [0.1, 0.15) is 5.75 Å². The van der Waals surface area contributed by atoms with Gasteiger partial charge >= 0.3 is 0 Å². The molecule has 28 heavy (non-hydrogen) atoms. The van der Waals surface area contributed by atoms with Crippen molar-refractivity contribution in [2.75, 3.05) is 17.2 Å². The van der Waals surface area contributed by atoms with E-state index in [1.165, 1.54) is 5.56 Å². The minimum absolute atomic E-state index is 0.211. The molecule has 2 aromatic carbocycles. The van der Waals surface area contributed by atoms with E-state index in [-0.39, 0.29) is 5.91 Å². The average molecular weight is 375 g/mol. The fourth-order valence-electron chi connectivity index (χ4n) is 2.91. The summed E-state index contributed by atoms with van der Waals surface area (Å²) < 4.78 is 5.42. The van der Waals surface area contributed by atoms with Gasteiger partial charge in [-0.25, -0.2) is 0 Å². The fraction of sp³-hybridized carbons (Fsp3) is 0.217. The number of nitrogens with zero attached hydrogens (tertiary/aromatic N) is 1. The van der Waals surface area contributed by atoms with E-state index in [0.717, 1.165) is 17.1 Å². The number of hydrogen-bond donors (Lipinski definition) is 2. The second kappa shape index (κ2) is 9.04. The Morgan fingerprint density at radius 2 is 1.79 bits per heavy atom. The molecule has 0 saturated carbocycles. The number of amides is 1. The Morgan fingerprint density at radius 1 is 1.04 bits per heavy atom. The van der Waals surface area contributed by atoms with Crippen LogP contribution in [0.5, 0.6) is 5.75 Å². The van der Waals surface area contributed by atoms with Crippen molar-refractivity contribution in [2.24, 2.45) is 0 Å². The summed E-state index contributed by atoms with van der Waals surface area (Å²) in [5.41, 5.74) is 4.19. The zero-order valence-corrected chi connectivity index (χ0v) is 16.4. The highest BCUT2D eigenvalue weighted by Gasteiger charge is 2.10. The first-order valence-corrected chi connectivity index (χ1v) is 9.42. The Hall–Kier alpha value is -3.34. The van der Waals surface area contributed by atoms with Crippen molar-refractivity contribution in [1.82, 2.24) is 4.98 Å². The molecule has 0 saturated heterocycles. The molecule has 3 rings (SSSR count). The molecule has 5 nitrogen and oxygen atoms in total. The van der Waals surface area contributed by atoms with E-state index in [1.54, 1.807) is 18.5 Å². The van der Waals surface area contributed by atoms with Gasteiger partial charge in [-0.3, -0.25) is 9.78 Å². The van der Waals surface area contributed by atoms with E-state index in [4.69, 9.17) is 4.74 Å². The Balaban J connectivity index is 1.73. The van der Waals surface area contributed by atoms with Crippen molar-refractivity contribution < 1.29 is 9.53 Å². The van der Waals surface area contributed by atoms with Gasteiger partial charge in [-0.15, -0.1) is 0 Å². The van der Waals surface area contributed by atoms with Crippen LogP contribution in [0.15, 0.2) is 67.0 Å². The molecule has 5 heteroatoms. The molecular formula is C23H25N3O2. The minimum Gasteiger partial charge on any atom is -0.494 e. The first-order chi connectivity index (χ1) is 13.6. The third kappa shape index (κ3) is 4.88. The van der Waals surface area contributed by atoms with Crippen LogP contribution in [0.2, 0.25) is 0 Å². The Bertz CT molecular complexity index is 937.